The number of rotatable bonds is 2. The van der Waals surface area contributed by atoms with Gasteiger partial charge in [-0.1, -0.05) is 11.8 Å². The van der Waals surface area contributed by atoms with E-state index in [-0.39, 0.29) is 18.4 Å². The molecule has 1 fully saturated rings. The number of thioether (sulfide) groups is 1. The van der Waals surface area contributed by atoms with Crippen LogP contribution in [0.25, 0.3) is 0 Å². The SMILES string of the molecule is CSc1nc(N)cc(N2CC(=O)NC(=O)C2(C)C)n1. The first-order chi connectivity index (χ1) is 8.84. The molecule has 1 aliphatic heterocycles. The predicted octanol–water partition coefficient (Wildman–Crippen LogP) is 0.0221. The molecule has 0 bridgehead atoms. The molecule has 19 heavy (non-hydrogen) atoms. The second-order valence-corrected chi connectivity index (χ2v) is 5.43. The fourth-order valence-electron chi connectivity index (χ4n) is 1.81. The Morgan fingerprint density at radius 1 is 1.42 bits per heavy atom. The van der Waals surface area contributed by atoms with Gasteiger partial charge in [0, 0.05) is 6.07 Å². The Hall–Kier alpha value is -1.83. The molecule has 0 aliphatic carbocycles. The van der Waals surface area contributed by atoms with E-state index in [4.69, 9.17) is 5.73 Å². The Bertz CT molecular complexity index is 546. The van der Waals surface area contributed by atoms with Crippen LogP contribution in [-0.4, -0.2) is 40.1 Å². The fourth-order valence-corrected chi connectivity index (χ4v) is 2.19. The first-order valence-corrected chi connectivity index (χ1v) is 6.87. The molecule has 0 spiro atoms. The van der Waals surface area contributed by atoms with Crippen LogP contribution in [0.1, 0.15) is 13.8 Å². The van der Waals surface area contributed by atoms with Crippen LogP contribution in [0, 0.1) is 0 Å². The number of nitrogens with zero attached hydrogens (tertiary/aromatic N) is 3. The molecule has 1 aromatic heterocycles. The van der Waals surface area contributed by atoms with Crippen LogP contribution in [-0.2, 0) is 9.59 Å². The molecule has 1 aliphatic rings. The van der Waals surface area contributed by atoms with E-state index < -0.39 is 5.54 Å². The summed E-state index contributed by atoms with van der Waals surface area (Å²) in [5.74, 6) is 0.0764. The van der Waals surface area contributed by atoms with E-state index in [0.717, 1.165) is 0 Å². The van der Waals surface area contributed by atoms with E-state index in [1.807, 2.05) is 6.26 Å². The van der Waals surface area contributed by atoms with Crippen LogP contribution in [0.4, 0.5) is 11.6 Å². The molecular formula is C11H15N5O2S. The molecule has 2 rings (SSSR count). The number of hydrogen-bond donors (Lipinski definition) is 2. The molecule has 0 radical (unpaired) electrons. The van der Waals surface area contributed by atoms with Gasteiger partial charge in [-0.15, -0.1) is 0 Å². The van der Waals surface area contributed by atoms with E-state index in [1.54, 1.807) is 24.8 Å². The Morgan fingerprint density at radius 3 is 2.74 bits per heavy atom. The van der Waals surface area contributed by atoms with Gasteiger partial charge in [-0.25, -0.2) is 9.97 Å². The monoisotopic (exact) mass is 281 g/mol. The molecule has 0 aromatic carbocycles. The number of hydrogen-bond acceptors (Lipinski definition) is 7. The van der Waals surface area contributed by atoms with Crippen LogP contribution in [0.15, 0.2) is 11.2 Å². The van der Waals surface area contributed by atoms with Gasteiger partial charge in [0.05, 0.1) is 6.54 Å². The lowest BCUT2D eigenvalue weighted by Gasteiger charge is -2.40. The highest BCUT2D eigenvalue weighted by atomic mass is 32.2. The van der Waals surface area contributed by atoms with Crippen molar-refractivity contribution in [2.75, 3.05) is 23.4 Å². The first-order valence-electron chi connectivity index (χ1n) is 5.65. The number of imide groups is 1. The standard InChI is InChI=1S/C11H15N5O2S/c1-11(2)9(18)15-8(17)5-16(11)7-4-6(12)13-10(14-7)19-3/h4H,5H2,1-3H3,(H2,12,13,14)(H,15,17,18). The minimum absolute atomic E-state index is 0.0585. The van der Waals surface area contributed by atoms with E-state index in [0.29, 0.717) is 16.8 Å². The molecule has 8 heteroatoms. The zero-order valence-electron chi connectivity index (χ0n) is 10.9. The summed E-state index contributed by atoms with van der Waals surface area (Å²) in [5, 5.41) is 2.82. The van der Waals surface area contributed by atoms with Gasteiger partial charge in [0.15, 0.2) is 5.16 Å². The molecule has 2 amide bonds. The van der Waals surface area contributed by atoms with E-state index in [1.165, 1.54) is 11.8 Å². The minimum atomic E-state index is -0.871. The Kier molecular flexibility index (Phi) is 3.36. The van der Waals surface area contributed by atoms with Crippen LogP contribution in [0.5, 0.6) is 0 Å². The third-order valence-corrected chi connectivity index (χ3v) is 3.50. The van der Waals surface area contributed by atoms with Crippen molar-refractivity contribution in [1.82, 2.24) is 15.3 Å². The second-order valence-electron chi connectivity index (χ2n) is 4.66. The molecule has 3 N–H and O–H groups in total. The maximum atomic E-state index is 11.9. The third-order valence-electron chi connectivity index (χ3n) is 2.96. The summed E-state index contributed by atoms with van der Waals surface area (Å²) in [4.78, 5) is 33.4. The van der Waals surface area contributed by atoms with Gasteiger partial charge in [-0.3, -0.25) is 14.9 Å². The molecule has 0 saturated carbocycles. The first kappa shape index (κ1) is 13.6. The zero-order chi connectivity index (χ0) is 14.2. The number of piperazine rings is 1. The Labute approximate surface area is 115 Å². The summed E-state index contributed by atoms with van der Waals surface area (Å²) in [6.07, 6.45) is 1.83. The highest BCUT2D eigenvalue weighted by Gasteiger charge is 2.41. The topological polar surface area (TPSA) is 101 Å². The minimum Gasteiger partial charge on any atom is -0.383 e. The molecule has 102 valence electrons. The molecule has 1 saturated heterocycles. The van der Waals surface area contributed by atoms with Crippen molar-refractivity contribution in [2.45, 2.75) is 24.5 Å². The maximum absolute atomic E-state index is 11.9. The molecule has 0 atom stereocenters. The predicted molar refractivity (Wildman–Crippen MR) is 72.8 cm³/mol. The van der Waals surface area contributed by atoms with E-state index in [2.05, 4.69) is 15.3 Å². The van der Waals surface area contributed by atoms with Crippen LogP contribution < -0.4 is 16.0 Å². The van der Waals surface area contributed by atoms with Crippen LogP contribution >= 0.6 is 11.8 Å². The normalized spacial score (nSPS) is 18.4. The number of nitrogen functional groups attached to an aromatic ring is 1. The van der Waals surface area contributed by atoms with Crippen LogP contribution in [0.2, 0.25) is 0 Å². The summed E-state index contributed by atoms with van der Waals surface area (Å²) >= 11 is 1.35. The van der Waals surface area contributed by atoms with Crippen molar-refractivity contribution >= 4 is 35.2 Å². The summed E-state index contributed by atoms with van der Waals surface area (Å²) in [7, 11) is 0. The Morgan fingerprint density at radius 2 is 2.11 bits per heavy atom. The maximum Gasteiger partial charge on any atom is 0.251 e. The largest absolute Gasteiger partial charge is 0.383 e. The van der Waals surface area contributed by atoms with Crippen molar-refractivity contribution in [3.63, 3.8) is 0 Å². The van der Waals surface area contributed by atoms with Gasteiger partial charge in [0.1, 0.15) is 17.2 Å². The lowest BCUT2D eigenvalue weighted by atomic mass is 9.99. The number of nitrogens with two attached hydrogens (primary N) is 1. The average molecular weight is 281 g/mol. The van der Waals surface area contributed by atoms with Gasteiger partial charge in [-0.05, 0) is 20.1 Å². The van der Waals surface area contributed by atoms with Crippen LogP contribution in [0.3, 0.4) is 0 Å². The van der Waals surface area contributed by atoms with Gasteiger partial charge in [-0.2, -0.15) is 0 Å². The smallest absolute Gasteiger partial charge is 0.251 e. The molecule has 2 heterocycles. The number of carbonyl (C=O) groups is 2. The highest BCUT2D eigenvalue weighted by molar-refractivity contribution is 7.98. The lowest BCUT2D eigenvalue weighted by Crippen LogP contribution is -2.64. The second kappa shape index (κ2) is 4.69. The summed E-state index contributed by atoms with van der Waals surface area (Å²) < 4.78 is 0. The van der Waals surface area contributed by atoms with Crippen molar-refractivity contribution in [2.24, 2.45) is 0 Å². The molecule has 0 unspecified atom stereocenters. The zero-order valence-corrected chi connectivity index (χ0v) is 11.7. The number of anilines is 2. The Balaban J connectivity index is 2.46. The molecular weight excluding hydrogens is 266 g/mol. The summed E-state index contributed by atoms with van der Waals surface area (Å²) in [5.41, 5.74) is 4.85. The van der Waals surface area contributed by atoms with Crippen molar-refractivity contribution in [3.05, 3.63) is 6.07 Å². The number of nitrogens with one attached hydrogen (secondary N) is 1. The van der Waals surface area contributed by atoms with Crippen molar-refractivity contribution in [3.8, 4) is 0 Å². The third kappa shape index (κ3) is 2.48. The molecule has 7 nitrogen and oxygen atoms in total. The van der Waals surface area contributed by atoms with E-state index >= 15 is 0 Å². The van der Waals surface area contributed by atoms with Gasteiger partial charge in [0.2, 0.25) is 5.91 Å². The highest BCUT2D eigenvalue weighted by Crippen LogP contribution is 2.27. The average Bonchev–Trinajstić information content (AvgIpc) is 2.33. The number of carbonyl (C=O) groups excluding carboxylic acids is 2. The quantitative estimate of drug-likeness (QED) is 0.448. The number of aromatic nitrogens is 2. The lowest BCUT2D eigenvalue weighted by molar-refractivity contribution is -0.135. The fraction of sp³-hybridized carbons (Fsp3) is 0.455. The van der Waals surface area contributed by atoms with Crippen molar-refractivity contribution in [1.29, 1.82) is 0 Å². The van der Waals surface area contributed by atoms with Gasteiger partial charge in [0.25, 0.3) is 5.91 Å². The van der Waals surface area contributed by atoms with E-state index in [9.17, 15) is 9.59 Å². The van der Waals surface area contributed by atoms with Gasteiger partial charge >= 0.3 is 0 Å². The van der Waals surface area contributed by atoms with Gasteiger partial charge < -0.3 is 10.6 Å². The number of amides is 2. The summed E-state index contributed by atoms with van der Waals surface area (Å²) in [6, 6.07) is 1.56. The van der Waals surface area contributed by atoms with Crippen molar-refractivity contribution < 1.29 is 9.59 Å². The summed E-state index contributed by atoms with van der Waals surface area (Å²) in [6.45, 7) is 3.51. The molecule has 1 aromatic rings.